The van der Waals surface area contributed by atoms with Gasteiger partial charge < -0.3 is 0 Å². The molecular formula is C8H15N2OS. The first-order valence-corrected chi connectivity index (χ1v) is 5.27. The molecule has 0 bridgehead atoms. The summed E-state index contributed by atoms with van der Waals surface area (Å²) in [5.74, 6) is 1.42. The summed E-state index contributed by atoms with van der Waals surface area (Å²) in [5, 5.41) is 6.44. The molecule has 1 saturated heterocycles. The monoisotopic (exact) mass is 187 g/mol. The SMILES string of the molecule is CC(C)[C@@H]([C]=O)NC1NCCS1. The van der Waals surface area contributed by atoms with E-state index in [0.717, 1.165) is 12.3 Å². The van der Waals surface area contributed by atoms with Crippen LogP contribution in [0.2, 0.25) is 0 Å². The lowest BCUT2D eigenvalue weighted by Gasteiger charge is -2.19. The van der Waals surface area contributed by atoms with Gasteiger partial charge in [-0.3, -0.25) is 15.4 Å². The summed E-state index contributed by atoms with van der Waals surface area (Å²) >= 11 is 1.80. The molecule has 69 valence electrons. The first kappa shape index (κ1) is 10.0. The van der Waals surface area contributed by atoms with Crippen LogP contribution in [0, 0.1) is 5.92 Å². The van der Waals surface area contributed by atoms with Crippen molar-refractivity contribution in [3.63, 3.8) is 0 Å². The predicted molar refractivity (Wildman–Crippen MR) is 51.7 cm³/mol. The molecule has 1 rings (SSSR count). The van der Waals surface area contributed by atoms with Gasteiger partial charge in [0.25, 0.3) is 0 Å². The third-order valence-corrected chi connectivity index (χ3v) is 2.92. The van der Waals surface area contributed by atoms with Gasteiger partial charge in [0.15, 0.2) is 0 Å². The van der Waals surface area contributed by atoms with Gasteiger partial charge in [0.1, 0.15) is 5.50 Å². The largest absolute Gasteiger partial charge is 0.293 e. The maximum atomic E-state index is 10.5. The summed E-state index contributed by atoms with van der Waals surface area (Å²) < 4.78 is 0. The molecule has 0 spiro atoms. The second-order valence-corrected chi connectivity index (χ2v) is 4.42. The fourth-order valence-electron chi connectivity index (χ4n) is 1.06. The number of thioether (sulfide) groups is 1. The predicted octanol–water partition coefficient (Wildman–Crippen LogP) is 0.330. The Morgan fingerprint density at radius 1 is 1.67 bits per heavy atom. The molecule has 1 unspecified atom stereocenters. The maximum absolute atomic E-state index is 10.5. The van der Waals surface area contributed by atoms with Crippen LogP contribution >= 0.6 is 11.8 Å². The lowest BCUT2D eigenvalue weighted by atomic mass is 10.1. The summed E-state index contributed by atoms with van der Waals surface area (Å²) in [4.78, 5) is 10.5. The van der Waals surface area contributed by atoms with E-state index in [1.54, 1.807) is 11.8 Å². The van der Waals surface area contributed by atoms with Crippen LogP contribution in [0.25, 0.3) is 0 Å². The maximum Gasteiger partial charge on any atom is 0.217 e. The molecule has 12 heavy (non-hydrogen) atoms. The first-order chi connectivity index (χ1) is 5.74. The van der Waals surface area contributed by atoms with Crippen molar-refractivity contribution >= 4 is 18.0 Å². The van der Waals surface area contributed by atoms with Crippen molar-refractivity contribution in [2.24, 2.45) is 5.92 Å². The van der Waals surface area contributed by atoms with E-state index in [9.17, 15) is 4.79 Å². The third-order valence-electron chi connectivity index (χ3n) is 1.84. The van der Waals surface area contributed by atoms with Crippen LogP contribution < -0.4 is 10.6 Å². The molecule has 0 saturated carbocycles. The lowest BCUT2D eigenvalue weighted by Crippen LogP contribution is -2.45. The number of hydrogen-bond acceptors (Lipinski definition) is 4. The van der Waals surface area contributed by atoms with E-state index >= 15 is 0 Å². The highest BCUT2D eigenvalue weighted by molar-refractivity contribution is 8.00. The Morgan fingerprint density at radius 2 is 2.42 bits per heavy atom. The third kappa shape index (κ3) is 2.77. The van der Waals surface area contributed by atoms with Crippen molar-refractivity contribution in [2.45, 2.75) is 25.4 Å². The molecule has 4 heteroatoms. The van der Waals surface area contributed by atoms with Gasteiger partial charge in [-0.25, -0.2) is 0 Å². The normalized spacial score (nSPS) is 26.1. The van der Waals surface area contributed by atoms with Crippen molar-refractivity contribution in [1.82, 2.24) is 10.6 Å². The van der Waals surface area contributed by atoms with Gasteiger partial charge in [-0.2, -0.15) is 0 Å². The van der Waals surface area contributed by atoms with Crippen molar-refractivity contribution in [3.05, 3.63) is 0 Å². The summed E-state index contributed by atoms with van der Waals surface area (Å²) in [5.41, 5.74) is 0.235. The first-order valence-electron chi connectivity index (χ1n) is 4.22. The average Bonchev–Trinajstić information content (AvgIpc) is 2.51. The van der Waals surface area contributed by atoms with Gasteiger partial charge in [-0.15, -0.1) is 11.8 Å². The highest BCUT2D eigenvalue weighted by Crippen LogP contribution is 2.12. The molecule has 0 aromatic heterocycles. The van der Waals surface area contributed by atoms with Crippen LogP contribution in [0.3, 0.4) is 0 Å². The van der Waals surface area contributed by atoms with E-state index in [4.69, 9.17) is 0 Å². The number of rotatable bonds is 4. The smallest absolute Gasteiger partial charge is 0.217 e. The van der Waals surface area contributed by atoms with Gasteiger partial charge in [-0.05, 0) is 5.92 Å². The molecule has 1 aliphatic rings. The summed E-state index contributed by atoms with van der Waals surface area (Å²) in [6.07, 6.45) is 2.01. The minimum Gasteiger partial charge on any atom is -0.293 e. The quantitative estimate of drug-likeness (QED) is 0.665. The summed E-state index contributed by atoms with van der Waals surface area (Å²) in [6, 6.07) is -0.145. The molecule has 2 atom stereocenters. The summed E-state index contributed by atoms with van der Waals surface area (Å²) in [7, 11) is 0. The Bertz CT molecular complexity index is 146. The number of hydrogen-bond donors (Lipinski definition) is 2. The van der Waals surface area contributed by atoms with E-state index < -0.39 is 0 Å². The number of carbonyl (C=O) groups excluding carboxylic acids is 1. The van der Waals surface area contributed by atoms with Crippen molar-refractivity contribution in [1.29, 1.82) is 0 Å². The highest BCUT2D eigenvalue weighted by Gasteiger charge is 2.20. The van der Waals surface area contributed by atoms with E-state index in [1.165, 1.54) is 0 Å². The van der Waals surface area contributed by atoms with Crippen molar-refractivity contribution in [3.8, 4) is 0 Å². The molecule has 1 heterocycles. The van der Waals surface area contributed by atoms with Gasteiger partial charge >= 0.3 is 0 Å². The van der Waals surface area contributed by atoms with Crippen molar-refractivity contribution < 1.29 is 4.79 Å². The fraction of sp³-hybridized carbons (Fsp3) is 0.875. The van der Waals surface area contributed by atoms with Crippen molar-refractivity contribution in [2.75, 3.05) is 12.3 Å². The molecule has 0 aromatic rings. The van der Waals surface area contributed by atoms with E-state index in [0.29, 0.717) is 5.92 Å². The molecule has 3 nitrogen and oxygen atoms in total. The van der Waals surface area contributed by atoms with Gasteiger partial charge in [0.05, 0.1) is 6.04 Å². The van der Waals surface area contributed by atoms with Crippen LogP contribution in [0.1, 0.15) is 13.8 Å². The Labute approximate surface area is 77.7 Å². The van der Waals surface area contributed by atoms with Crippen LogP contribution in [-0.4, -0.2) is 30.1 Å². The second-order valence-electron chi connectivity index (χ2n) is 3.21. The molecule has 2 N–H and O–H groups in total. The Morgan fingerprint density at radius 3 is 2.83 bits per heavy atom. The van der Waals surface area contributed by atoms with Crippen LogP contribution in [0.4, 0.5) is 0 Å². The van der Waals surface area contributed by atoms with Crippen LogP contribution in [0.5, 0.6) is 0 Å². The van der Waals surface area contributed by atoms with Gasteiger partial charge in [-0.1, -0.05) is 13.8 Å². The average molecular weight is 187 g/mol. The second kappa shape index (κ2) is 4.84. The molecular weight excluding hydrogens is 172 g/mol. The molecule has 0 amide bonds. The van der Waals surface area contributed by atoms with Crippen LogP contribution in [0.15, 0.2) is 0 Å². The molecule has 1 aliphatic heterocycles. The lowest BCUT2D eigenvalue weighted by molar-refractivity contribution is 0.426. The summed E-state index contributed by atoms with van der Waals surface area (Å²) in [6.45, 7) is 5.05. The topological polar surface area (TPSA) is 41.1 Å². The Kier molecular flexibility index (Phi) is 4.05. The van der Waals surface area contributed by atoms with E-state index in [1.807, 2.05) is 20.1 Å². The van der Waals surface area contributed by atoms with Crippen LogP contribution in [-0.2, 0) is 4.79 Å². The minimum absolute atomic E-state index is 0.145. The fourth-order valence-corrected chi connectivity index (χ4v) is 2.01. The standard InChI is InChI=1S/C8H15N2OS/c1-6(2)7(5-11)10-8-9-3-4-12-8/h6-10H,3-4H2,1-2H3/t7-,8?/m1/s1. The number of nitrogens with one attached hydrogen (secondary N) is 2. The van der Waals surface area contributed by atoms with Gasteiger partial charge in [0.2, 0.25) is 6.29 Å². The zero-order valence-corrected chi connectivity index (χ0v) is 8.28. The van der Waals surface area contributed by atoms with E-state index in [2.05, 4.69) is 10.6 Å². The minimum atomic E-state index is -0.145. The van der Waals surface area contributed by atoms with Gasteiger partial charge in [0, 0.05) is 12.3 Å². The zero-order chi connectivity index (χ0) is 8.97. The van der Waals surface area contributed by atoms with E-state index in [-0.39, 0.29) is 11.5 Å². The molecule has 0 aromatic carbocycles. The Balaban J connectivity index is 2.30. The molecule has 1 radical (unpaired) electrons. The molecule has 1 fully saturated rings. The zero-order valence-electron chi connectivity index (χ0n) is 7.46. The molecule has 0 aliphatic carbocycles. The Hall–Kier alpha value is -0.0600. The highest BCUT2D eigenvalue weighted by atomic mass is 32.2.